The van der Waals surface area contributed by atoms with Crippen LogP contribution in [0.25, 0.3) is 0 Å². The molecule has 0 aliphatic carbocycles. The summed E-state index contributed by atoms with van der Waals surface area (Å²) in [5.41, 5.74) is 0. The Morgan fingerprint density at radius 1 is 0.714 bits per heavy atom. The van der Waals surface area contributed by atoms with Crippen LogP contribution < -0.4 is 10.6 Å². The number of carbonyl (C=O) groups excluding carboxylic acids is 6. The van der Waals surface area contributed by atoms with Crippen molar-refractivity contribution in [2.45, 2.75) is 26.7 Å². The van der Waals surface area contributed by atoms with E-state index in [1.807, 2.05) is 0 Å². The summed E-state index contributed by atoms with van der Waals surface area (Å²) in [7, 11) is 0. The van der Waals surface area contributed by atoms with Crippen molar-refractivity contribution in [1.82, 2.24) is 10.6 Å². The van der Waals surface area contributed by atoms with E-state index in [2.05, 4.69) is 33.3 Å². The van der Waals surface area contributed by atoms with Gasteiger partial charge in [0.05, 0.1) is 13.1 Å². The molecular formula is C18H26N2O8. The topological polar surface area (TPSA) is 145 Å². The molecule has 0 rings (SSSR count). The lowest BCUT2D eigenvalue weighted by atomic mass is 10.3. The lowest BCUT2D eigenvalue weighted by Gasteiger charge is -2.03. The number of carbonyl (C=O) groups is 6. The smallest absolute Gasteiger partial charge is 0.313 e. The van der Waals surface area contributed by atoms with Gasteiger partial charge in [0.25, 0.3) is 0 Å². The maximum Gasteiger partial charge on any atom is 0.313 e. The molecule has 0 aliphatic heterocycles. The highest BCUT2D eigenvalue weighted by Crippen LogP contribution is 1.87. The highest BCUT2D eigenvalue weighted by molar-refractivity contribution is 5.94. The lowest BCUT2D eigenvalue weighted by molar-refractivity contribution is -0.147. The maximum atomic E-state index is 10.8. The van der Waals surface area contributed by atoms with Crippen LogP contribution >= 0.6 is 0 Å². The number of nitrogens with one attached hydrogen (secondary N) is 2. The van der Waals surface area contributed by atoms with Crippen molar-refractivity contribution < 1.29 is 38.2 Å². The molecule has 2 N–H and O–H groups in total. The Kier molecular flexibility index (Phi) is 16.5. The molecule has 0 saturated heterocycles. The highest BCUT2D eigenvalue weighted by atomic mass is 16.5. The molecule has 0 heterocycles. The van der Waals surface area contributed by atoms with Gasteiger partial charge in [0.1, 0.15) is 37.6 Å². The van der Waals surface area contributed by atoms with Crippen molar-refractivity contribution in [2.75, 3.05) is 26.3 Å². The average Bonchev–Trinajstić information content (AvgIpc) is 2.61. The summed E-state index contributed by atoms with van der Waals surface area (Å²) in [6, 6.07) is 0. The van der Waals surface area contributed by atoms with Gasteiger partial charge in [-0.2, -0.15) is 0 Å². The zero-order valence-electron chi connectivity index (χ0n) is 16.1. The number of ketones is 2. The minimum absolute atomic E-state index is 0.0612. The molecule has 0 atom stereocenters. The molecule has 0 fully saturated rings. The van der Waals surface area contributed by atoms with Gasteiger partial charge in [-0.1, -0.05) is 13.2 Å². The molecule has 0 bridgehead atoms. The van der Waals surface area contributed by atoms with Crippen LogP contribution in [0.2, 0.25) is 0 Å². The Morgan fingerprint density at radius 2 is 1.04 bits per heavy atom. The van der Waals surface area contributed by atoms with Gasteiger partial charge >= 0.3 is 11.9 Å². The molecule has 0 radical (unpaired) electrons. The summed E-state index contributed by atoms with van der Waals surface area (Å²) in [4.78, 5) is 63.7. The van der Waals surface area contributed by atoms with E-state index in [9.17, 15) is 28.8 Å². The summed E-state index contributed by atoms with van der Waals surface area (Å²) in [5, 5.41) is 4.84. The largest absolute Gasteiger partial charge is 0.463 e. The van der Waals surface area contributed by atoms with Gasteiger partial charge in [-0.05, 0) is 26.0 Å². The molecule has 10 heteroatoms. The summed E-state index contributed by atoms with van der Waals surface area (Å²) in [6.07, 6.45) is 1.79. The number of esters is 2. The molecule has 0 aromatic heterocycles. The van der Waals surface area contributed by atoms with Crippen LogP contribution in [0.5, 0.6) is 0 Å². The number of hydrogen-bond acceptors (Lipinski definition) is 8. The van der Waals surface area contributed by atoms with Crippen molar-refractivity contribution in [2.24, 2.45) is 0 Å². The van der Waals surface area contributed by atoms with Gasteiger partial charge in [-0.3, -0.25) is 28.8 Å². The van der Waals surface area contributed by atoms with Crippen LogP contribution in [-0.4, -0.2) is 61.6 Å². The van der Waals surface area contributed by atoms with E-state index in [0.717, 1.165) is 12.2 Å². The van der Waals surface area contributed by atoms with Gasteiger partial charge in [0.15, 0.2) is 0 Å². The summed E-state index contributed by atoms with van der Waals surface area (Å²) < 4.78 is 9.28. The van der Waals surface area contributed by atoms with Crippen molar-refractivity contribution in [3.05, 3.63) is 25.3 Å². The van der Waals surface area contributed by atoms with Crippen molar-refractivity contribution in [1.29, 1.82) is 0 Å². The number of ether oxygens (including phenoxy) is 2. The second-order valence-corrected chi connectivity index (χ2v) is 5.19. The van der Waals surface area contributed by atoms with E-state index in [4.69, 9.17) is 0 Å². The van der Waals surface area contributed by atoms with Crippen LogP contribution in [0.1, 0.15) is 26.7 Å². The van der Waals surface area contributed by atoms with Gasteiger partial charge < -0.3 is 20.1 Å². The molecule has 0 aromatic carbocycles. The molecule has 0 spiro atoms. The SMILES string of the molecule is C=CC(=O)NCCOC(=O)CC(C)=O.C=CC(=O)NCCOC(=O)CC(C)=O. The first-order valence-electron chi connectivity index (χ1n) is 8.23. The Hall–Kier alpha value is -3.30. The van der Waals surface area contributed by atoms with Gasteiger partial charge in [0, 0.05) is 0 Å². The van der Waals surface area contributed by atoms with Gasteiger partial charge in [-0.25, -0.2) is 0 Å². The zero-order chi connectivity index (χ0) is 21.9. The first kappa shape index (κ1) is 26.9. The maximum absolute atomic E-state index is 10.8. The summed E-state index contributed by atoms with van der Waals surface area (Å²) >= 11 is 0. The molecule has 0 aromatic rings. The predicted molar refractivity (Wildman–Crippen MR) is 98.9 cm³/mol. The average molecular weight is 398 g/mol. The summed E-state index contributed by atoms with van der Waals surface area (Å²) in [5.74, 6) is -2.30. The number of hydrogen-bond donors (Lipinski definition) is 2. The first-order valence-corrected chi connectivity index (χ1v) is 8.23. The second kappa shape index (κ2) is 17.1. The molecule has 0 saturated carbocycles. The number of rotatable bonds is 12. The summed E-state index contributed by atoms with van der Waals surface area (Å²) in [6.45, 7) is 9.67. The van der Waals surface area contributed by atoms with Crippen LogP contribution in [0, 0.1) is 0 Å². The number of amides is 2. The third kappa shape index (κ3) is 20.7. The molecule has 2 amide bonds. The zero-order valence-corrected chi connectivity index (χ0v) is 16.1. The third-order valence-electron chi connectivity index (χ3n) is 2.49. The Bertz CT molecular complexity index is 546. The van der Waals surface area contributed by atoms with Gasteiger partial charge in [0.2, 0.25) is 11.8 Å². The van der Waals surface area contributed by atoms with Gasteiger partial charge in [-0.15, -0.1) is 0 Å². The Labute approximate surface area is 163 Å². The van der Waals surface area contributed by atoms with E-state index in [-0.39, 0.29) is 62.5 Å². The second-order valence-electron chi connectivity index (χ2n) is 5.19. The number of Topliss-reactive ketones (excluding diaryl/α,β-unsaturated/α-hetero) is 2. The minimum atomic E-state index is -0.578. The Morgan fingerprint density at radius 3 is 1.29 bits per heavy atom. The fraction of sp³-hybridized carbons (Fsp3) is 0.444. The molecule has 28 heavy (non-hydrogen) atoms. The van der Waals surface area contributed by atoms with E-state index >= 15 is 0 Å². The van der Waals surface area contributed by atoms with E-state index in [0.29, 0.717) is 0 Å². The van der Waals surface area contributed by atoms with Crippen LogP contribution in [-0.2, 0) is 38.2 Å². The molecule has 156 valence electrons. The monoisotopic (exact) mass is 398 g/mol. The highest BCUT2D eigenvalue weighted by Gasteiger charge is 2.06. The normalized spacial score (nSPS) is 8.93. The van der Waals surface area contributed by atoms with E-state index in [1.165, 1.54) is 13.8 Å². The van der Waals surface area contributed by atoms with Crippen molar-refractivity contribution in [3.63, 3.8) is 0 Å². The van der Waals surface area contributed by atoms with E-state index < -0.39 is 11.9 Å². The molecule has 0 unspecified atom stereocenters. The minimum Gasteiger partial charge on any atom is -0.463 e. The third-order valence-corrected chi connectivity index (χ3v) is 2.49. The standard InChI is InChI=1S/2C9H13NO4/c2*1-3-8(12)10-4-5-14-9(13)6-7(2)11/h2*3H,1,4-6H2,2H3,(H,10,12). The lowest BCUT2D eigenvalue weighted by Crippen LogP contribution is -2.26. The van der Waals surface area contributed by atoms with Crippen LogP contribution in [0.15, 0.2) is 25.3 Å². The quantitative estimate of drug-likeness (QED) is 0.196. The fourth-order valence-corrected chi connectivity index (χ4v) is 1.33. The molecule has 10 nitrogen and oxygen atoms in total. The van der Waals surface area contributed by atoms with Crippen molar-refractivity contribution >= 4 is 35.3 Å². The Balaban J connectivity index is 0. The molecule has 0 aliphatic rings. The first-order chi connectivity index (χ1) is 13.1. The predicted octanol–water partition coefficient (Wildman–Crippen LogP) is -0.378. The molecular weight excluding hydrogens is 372 g/mol. The van der Waals surface area contributed by atoms with Crippen LogP contribution in [0.3, 0.4) is 0 Å². The fourth-order valence-electron chi connectivity index (χ4n) is 1.33. The van der Waals surface area contributed by atoms with E-state index in [1.54, 1.807) is 0 Å². The van der Waals surface area contributed by atoms with Crippen LogP contribution in [0.4, 0.5) is 0 Å². The van der Waals surface area contributed by atoms with Crippen molar-refractivity contribution in [3.8, 4) is 0 Å².